The lowest BCUT2D eigenvalue weighted by molar-refractivity contribution is -0.126. The topological polar surface area (TPSA) is 102 Å². The molecule has 3 aliphatic rings. The molecule has 0 bridgehead atoms. The second-order valence-electron chi connectivity index (χ2n) is 11.6. The lowest BCUT2D eigenvalue weighted by Crippen LogP contribution is -2.56. The first-order valence-electron chi connectivity index (χ1n) is 14.7. The third-order valence-electron chi connectivity index (χ3n) is 9.08. The van der Waals surface area contributed by atoms with Crippen LogP contribution in [0.1, 0.15) is 42.0 Å². The molecule has 0 radical (unpaired) electrons. The Morgan fingerprint density at radius 2 is 2.00 bits per heavy atom. The summed E-state index contributed by atoms with van der Waals surface area (Å²) in [5.41, 5.74) is 3.17. The summed E-state index contributed by atoms with van der Waals surface area (Å²) in [4.78, 5) is 28.4. The van der Waals surface area contributed by atoms with Crippen LogP contribution in [0.2, 0.25) is 0 Å². The Hall–Kier alpha value is -3.69. The molecule has 216 valence electrons. The summed E-state index contributed by atoms with van der Waals surface area (Å²) < 4.78 is 6.26. The number of rotatable bonds is 7. The van der Waals surface area contributed by atoms with Crippen LogP contribution < -0.4 is 9.64 Å². The van der Waals surface area contributed by atoms with Crippen LogP contribution in [0.4, 0.5) is 5.82 Å². The first-order valence-corrected chi connectivity index (χ1v) is 14.7. The number of amides is 1. The number of carbonyl (C=O) groups excluding carboxylic acids is 1. The Morgan fingerprint density at radius 1 is 1.15 bits per heavy atom. The summed E-state index contributed by atoms with van der Waals surface area (Å²) in [5, 5.41) is 23.0. The molecule has 3 aromatic rings. The maximum absolute atomic E-state index is 12.3. The van der Waals surface area contributed by atoms with Crippen molar-refractivity contribution in [1.82, 2.24) is 19.8 Å². The highest BCUT2D eigenvalue weighted by Gasteiger charge is 2.34. The van der Waals surface area contributed by atoms with E-state index in [1.54, 1.807) is 4.90 Å². The highest BCUT2D eigenvalue weighted by molar-refractivity contribution is 5.88. The maximum Gasteiger partial charge on any atom is 0.318 e. The number of benzene rings is 2. The molecule has 9 heteroatoms. The minimum Gasteiger partial charge on any atom is -0.508 e. The van der Waals surface area contributed by atoms with Crippen LogP contribution in [-0.4, -0.2) is 94.4 Å². The van der Waals surface area contributed by atoms with Crippen LogP contribution in [0.15, 0.2) is 49.1 Å². The molecule has 2 N–H and O–H groups in total. The number of nitrogens with zero attached hydrogens (tertiary/aromatic N) is 5. The first kappa shape index (κ1) is 27.5. The molecule has 41 heavy (non-hydrogen) atoms. The fraction of sp³-hybridized carbons (Fsp3) is 0.469. The van der Waals surface area contributed by atoms with Crippen molar-refractivity contribution in [3.05, 3.63) is 65.9 Å². The fourth-order valence-electron chi connectivity index (χ4n) is 6.78. The van der Waals surface area contributed by atoms with Crippen molar-refractivity contribution in [1.29, 1.82) is 0 Å². The zero-order valence-corrected chi connectivity index (χ0v) is 23.7. The highest BCUT2D eigenvalue weighted by Crippen LogP contribution is 2.40. The van der Waals surface area contributed by atoms with Gasteiger partial charge in [0.2, 0.25) is 5.91 Å². The molecule has 3 atom stereocenters. The van der Waals surface area contributed by atoms with E-state index in [2.05, 4.69) is 29.5 Å². The number of phenols is 1. The number of carbonyl (C=O) groups is 1. The summed E-state index contributed by atoms with van der Waals surface area (Å²) in [6, 6.07) is 12.3. The number of aliphatic hydroxyl groups excluding tert-OH is 1. The van der Waals surface area contributed by atoms with Gasteiger partial charge in [-0.15, -0.1) is 0 Å². The molecule has 2 aliphatic heterocycles. The SMILES string of the molecule is C=CC(=O)N1CCN(c2nc(OCC3CCCN3C)nc3c2CCC(c2cc(O)cc4ccccc24)C3)C(CO)C1. The number of anilines is 1. The largest absolute Gasteiger partial charge is 0.508 e. The molecule has 2 saturated heterocycles. The van der Waals surface area contributed by atoms with Gasteiger partial charge in [-0.1, -0.05) is 30.8 Å². The second-order valence-corrected chi connectivity index (χ2v) is 11.6. The van der Waals surface area contributed by atoms with Gasteiger partial charge in [0.05, 0.1) is 18.3 Å². The molecule has 3 heterocycles. The average Bonchev–Trinajstić information content (AvgIpc) is 3.42. The number of hydrogen-bond donors (Lipinski definition) is 2. The van der Waals surface area contributed by atoms with Gasteiger partial charge in [0.15, 0.2) is 0 Å². The van der Waals surface area contributed by atoms with Gasteiger partial charge < -0.3 is 29.6 Å². The predicted molar refractivity (Wildman–Crippen MR) is 159 cm³/mol. The molecule has 1 amide bonds. The molecular weight excluding hydrogens is 518 g/mol. The summed E-state index contributed by atoms with van der Waals surface area (Å²) in [6.45, 7) is 6.61. The van der Waals surface area contributed by atoms with Gasteiger partial charge in [0.25, 0.3) is 0 Å². The van der Waals surface area contributed by atoms with E-state index in [1.165, 1.54) is 6.08 Å². The monoisotopic (exact) mass is 557 g/mol. The summed E-state index contributed by atoms with van der Waals surface area (Å²) in [6.07, 6.45) is 5.95. The third kappa shape index (κ3) is 5.48. The molecule has 2 aromatic carbocycles. The minimum atomic E-state index is -0.284. The van der Waals surface area contributed by atoms with Gasteiger partial charge >= 0.3 is 6.01 Å². The van der Waals surface area contributed by atoms with E-state index in [1.807, 2.05) is 30.3 Å². The van der Waals surface area contributed by atoms with Crippen molar-refractivity contribution in [3.8, 4) is 11.8 Å². The van der Waals surface area contributed by atoms with Gasteiger partial charge in [0.1, 0.15) is 18.2 Å². The fourth-order valence-corrected chi connectivity index (χ4v) is 6.78. The number of aromatic hydroxyl groups is 1. The van der Waals surface area contributed by atoms with Gasteiger partial charge in [-0.25, -0.2) is 0 Å². The molecule has 6 rings (SSSR count). The Kier molecular flexibility index (Phi) is 7.81. The standard InChI is InChI=1S/C32H39N5O4/c1-3-30(40)36-13-14-37(24(18-36)19-38)31-27-11-10-22(28-17-25(39)15-21-7-4-5-9-26(21)28)16-29(27)33-32(34-31)41-20-23-8-6-12-35(23)2/h3-5,7,9,15,17,22-24,38-39H,1,6,8,10-14,16,18-20H2,2H3. The second kappa shape index (κ2) is 11.7. The maximum atomic E-state index is 12.3. The summed E-state index contributed by atoms with van der Waals surface area (Å²) in [7, 11) is 2.13. The van der Waals surface area contributed by atoms with E-state index in [-0.39, 0.29) is 30.2 Å². The summed E-state index contributed by atoms with van der Waals surface area (Å²) >= 11 is 0. The van der Waals surface area contributed by atoms with E-state index >= 15 is 0 Å². The molecule has 1 aliphatic carbocycles. The van der Waals surface area contributed by atoms with Crippen LogP contribution in [-0.2, 0) is 17.6 Å². The van der Waals surface area contributed by atoms with E-state index < -0.39 is 0 Å². The third-order valence-corrected chi connectivity index (χ3v) is 9.08. The highest BCUT2D eigenvalue weighted by atomic mass is 16.5. The quantitative estimate of drug-likeness (QED) is 0.427. The van der Waals surface area contributed by atoms with E-state index in [0.717, 1.165) is 65.6 Å². The van der Waals surface area contributed by atoms with Crippen LogP contribution in [0.5, 0.6) is 11.8 Å². The zero-order chi connectivity index (χ0) is 28.5. The van der Waals surface area contributed by atoms with Crippen molar-refractivity contribution < 1.29 is 19.7 Å². The average molecular weight is 558 g/mol. The van der Waals surface area contributed by atoms with Gasteiger partial charge in [-0.2, -0.15) is 9.97 Å². The Balaban J connectivity index is 1.35. The number of likely N-dealkylation sites (N-methyl/N-ethyl adjacent to an activating group) is 1. The normalized spacial score (nSPS) is 23.0. The molecule has 0 saturated carbocycles. The van der Waals surface area contributed by atoms with Crippen molar-refractivity contribution in [2.24, 2.45) is 0 Å². The molecule has 1 aromatic heterocycles. The Labute approximate surface area is 241 Å². The van der Waals surface area contributed by atoms with Crippen molar-refractivity contribution in [3.63, 3.8) is 0 Å². The number of hydrogen-bond acceptors (Lipinski definition) is 8. The molecule has 0 spiro atoms. The van der Waals surface area contributed by atoms with Gasteiger partial charge in [-0.3, -0.25) is 4.79 Å². The van der Waals surface area contributed by atoms with Crippen molar-refractivity contribution >= 4 is 22.5 Å². The number of aliphatic hydroxyl groups is 1. The number of phenolic OH excluding ortho intramolecular Hbond substituents is 1. The number of piperazine rings is 1. The van der Waals surface area contributed by atoms with E-state index in [4.69, 9.17) is 14.7 Å². The summed E-state index contributed by atoms with van der Waals surface area (Å²) in [5.74, 6) is 1.13. The number of likely N-dealkylation sites (tertiary alicyclic amines) is 1. The Morgan fingerprint density at radius 3 is 2.78 bits per heavy atom. The van der Waals surface area contributed by atoms with Crippen molar-refractivity contribution in [2.45, 2.75) is 50.1 Å². The van der Waals surface area contributed by atoms with Crippen LogP contribution in [0.25, 0.3) is 10.8 Å². The smallest absolute Gasteiger partial charge is 0.318 e. The van der Waals surface area contributed by atoms with E-state index in [0.29, 0.717) is 44.7 Å². The predicted octanol–water partition coefficient (Wildman–Crippen LogP) is 3.28. The lowest BCUT2D eigenvalue weighted by atomic mass is 9.80. The van der Waals surface area contributed by atoms with E-state index in [9.17, 15) is 15.0 Å². The van der Waals surface area contributed by atoms with Crippen LogP contribution >= 0.6 is 0 Å². The Bertz CT molecular complexity index is 1450. The minimum absolute atomic E-state index is 0.0966. The van der Waals surface area contributed by atoms with Crippen LogP contribution in [0.3, 0.4) is 0 Å². The first-order chi connectivity index (χ1) is 19.9. The molecule has 9 nitrogen and oxygen atoms in total. The molecular formula is C32H39N5O4. The number of aromatic nitrogens is 2. The van der Waals surface area contributed by atoms with Gasteiger partial charge in [0, 0.05) is 31.2 Å². The number of fused-ring (bicyclic) bond motifs is 2. The number of ether oxygens (including phenoxy) is 1. The lowest BCUT2D eigenvalue weighted by Gasteiger charge is -2.42. The van der Waals surface area contributed by atoms with Gasteiger partial charge in [-0.05, 0) is 86.2 Å². The van der Waals surface area contributed by atoms with Crippen LogP contribution in [0, 0.1) is 0 Å². The zero-order valence-electron chi connectivity index (χ0n) is 23.7. The molecule has 2 fully saturated rings. The van der Waals surface area contributed by atoms with Crippen molar-refractivity contribution in [2.75, 3.05) is 51.3 Å². The molecule has 3 unspecified atom stereocenters.